The minimum absolute atomic E-state index is 0.141. The van der Waals surface area contributed by atoms with Gasteiger partial charge in [-0.05, 0) is 36.4 Å². The number of carbonyl (C=O) groups is 1. The zero-order valence-electron chi connectivity index (χ0n) is 16.9. The highest BCUT2D eigenvalue weighted by Gasteiger charge is 2.21. The summed E-state index contributed by atoms with van der Waals surface area (Å²) < 4.78 is 6.39. The van der Waals surface area contributed by atoms with E-state index in [0.29, 0.717) is 13.1 Å². The lowest BCUT2D eigenvalue weighted by Gasteiger charge is -2.36. The SMILES string of the molecule is COc1ccc(N2CCN(CC(=O)N(C)Cc3nc4ccccc4s3)CC2)cc1. The predicted octanol–water partition coefficient (Wildman–Crippen LogP) is 3.09. The number of anilines is 1. The van der Waals surface area contributed by atoms with Crippen LogP contribution < -0.4 is 9.64 Å². The van der Waals surface area contributed by atoms with Crippen molar-refractivity contribution in [1.29, 1.82) is 0 Å². The number of ether oxygens (including phenoxy) is 1. The second kappa shape index (κ2) is 8.80. The third kappa shape index (κ3) is 4.68. The average Bonchev–Trinajstić information content (AvgIpc) is 3.16. The Kier molecular flexibility index (Phi) is 5.97. The molecular weight excluding hydrogens is 384 g/mol. The van der Waals surface area contributed by atoms with Crippen molar-refractivity contribution in [3.63, 3.8) is 0 Å². The minimum Gasteiger partial charge on any atom is -0.497 e. The van der Waals surface area contributed by atoms with Crippen molar-refractivity contribution >= 4 is 33.1 Å². The largest absolute Gasteiger partial charge is 0.497 e. The Balaban J connectivity index is 1.27. The first kappa shape index (κ1) is 19.7. The monoisotopic (exact) mass is 410 g/mol. The number of piperazine rings is 1. The van der Waals surface area contributed by atoms with E-state index in [1.165, 1.54) is 5.69 Å². The van der Waals surface area contributed by atoms with Crippen LogP contribution in [0.3, 0.4) is 0 Å². The molecule has 1 amide bonds. The van der Waals surface area contributed by atoms with E-state index >= 15 is 0 Å². The fraction of sp³-hybridized carbons (Fsp3) is 0.364. The van der Waals surface area contributed by atoms with Crippen LogP contribution in [0.15, 0.2) is 48.5 Å². The van der Waals surface area contributed by atoms with Crippen LogP contribution in [-0.2, 0) is 11.3 Å². The van der Waals surface area contributed by atoms with Crippen LogP contribution in [0.2, 0.25) is 0 Å². The highest BCUT2D eigenvalue weighted by atomic mass is 32.1. The lowest BCUT2D eigenvalue weighted by atomic mass is 10.2. The third-order valence-corrected chi connectivity index (χ3v) is 6.33. The first-order valence-corrected chi connectivity index (χ1v) is 10.6. The van der Waals surface area contributed by atoms with Gasteiger partial charge in [-0.3, -0.25) is 9.69 Å². The average molecular weight is 411 g/mol. The molecule has 1 aromatic heterocycles. The second-order valence-corrected chi connectivity index (χ2v) is 8.40. The number of thiazole rings is 1. The first-order valence-electron chi connectivity index (χ1n) is 9.82. The Morgan fingerprint density at radius 2 is 1.83 bits per heavy atom. The van der Waals surface area contributed by atoms with Crippen molar-refractivity contribution in [3.8, 4) is 5.75 Å². The van der Waals surface area contributed by atoms with Gasteiger partial charge in [-0.25, -0.2) is 4.98 Å². The van der Waals surface area contributed by atoms with E-state index < -0.39 is 0 Å². The molecule has 2 aromatic carbocycles. The molecule has 1 aliphatic rings. The van der Waals surface area contributed by atoms with Crippen molar-refractivity contribution in [2.24, 2.45) is 0 Å². The second-order valence-electron chi connectivity index (χ2n) is 7.29. The van der Waals surface area contributed by atoms with Crippen molar-refractivity contribution in [2.45, 2.75) is 6.54 Å². The van der Waals surface area contributed by atoms with Crippen LogP contribution in [0, 0.1) is 0 Å². The number of para-hydroxylation sites is 1. The Morgan fingerprint density at radius 1 is 1.10 bits per heavy atom. The summed E-state index contributed by atoms with van der Waals surface area (Å²) in [7, 11) is 3.54. The van der Waals surface area contributed by atoms with Crippen LogP contribution in [0.25, 0.3) is 10.2 Å². The van der Waals surface area contributed by atoms with E-state index in [-0.39, 0.29) is 5.91 Å². The Hall–Kier alpha value is -2.64. The van der Waals surface area contributed by atoms with E-state index in [9.17, 15) is 4.79 Å². The molecule has 1 aliphatic heterocycles. The van der Waals surface area contributed by atoms with Gasteiger partial charge >= 0.3 is 0 Å². The summed E-state index contributed by atoms with van der Waals surface area (Å²) in [6, 6.07) is 16.2. The summed E-state index contributed by atoms with van der Waals surface area (Å²) >= 11 is 1.66. The predicted molar refractivity (Wildman–Crippen MR) is 118 cm³/mol. The Bertz CT molecular complexity index is 931. The molecule has 0 atom stereocenters. The number of amides is 1. The molecule has 0 N–H and O–H groups in total. The van der Waals surface area contributed by atoms with Gasteiger partial charge in [0.25, 0.3) is 0 Å². The van der Waals surface area contributed by atoms with E-state index in [1.54, 1.807) is 23.3 Å². The van der Waals surface area contributed by atoms with Crippen molar-refractivity contribution in [2.75, 3.05) is 51.8 Å². The molecule has 0 bridgehead atoms. The summed E-state index contributed by atoms with van der Waals surface area (Å²) in [6.45, 7) is 4.61. The number of rotatable bonds is 6. The minimum atomic E-state index is 0.141. The molecule has 3 aromatic rings. The number of nitrogens with zero attached hydrogens (tertiary/aromatic N) is 4. The van der Waals surface area contributed by atoms with Gasteiger partial charge in [0, 0.05) is 38.9 Å². The van der Waals surface area contributed by atoms with Gasteiger partial charge in [0.2, 0.25) is 5.91 Å². The van der Waals surface area contributed by atoms with Crippen molar-refractivity contribution < 1.29 is 9.53 Å². The number of aromatic nitrogens is 1. The number of carbonyl (C=O) groups excluding carboxylic acids is 1. The van der Waals surface area contributed by atoms with Crippen molar-refractivity contribution in [3.05, 3.63) is 53.5 Å². The molecule has 4 rings (SSSR count). The summed E-state index contributed by atoms with van der Waals surface area (Å²) in [4.78, 5) is 23.7. The Morgan fingerprint density at radius 3 is 2.52 bits per heavy atom. The zero-order valence-corrected chi connectivity index (χ0v) is 17.7. The molecule has 0 saturated carbocycles. The van der Waals surface area contributed by atoms with Gasteiger partial charge in [-0.15, -0.1) is 11.3 Å². The van der Waals surface area contributed by atoms with Gasteiger partial charge in [0.15, 0.2) is 0 Å². The summed E-state index contributed by atoms with van der Waals surface area (Å²) in [6.07, 6.45) is 0. The maximum atomic E-state index is 12.7. The normalized spacial score (nSPS) is 14.9. The van der Waals surface area contributed by atoms with Crippen LogP contribution in [-0.4, -0.2) is 67.6 Å². The zero-order chi connectivity index (χ0) is 20.2. The van der Waals surface area contributed by atoms with Crippen LogP contribution >= 0.6 is 11.3 Å². The molecule has 152 valence electrons. The molecule has 1 fully saturated rings. The molecule has 7 heteroatoms. The molecule has 0 radical (unpaired) electrons. The van der Waals surface area contributed by atoms with Gasteiger partial charge in [-0.1, -0.05) is 12.1 Å². The highest BCUT2D eigenvalue weighted by Crippen LogP contribution is 2.23. The van der Waals surface area contributed by atoms with E-state index in [1.807, 2.05) is 37.4 Å². The standard InChI is InChI=1S/C22H26N4O2S/c1-24(15-21-23-19-5-3-4-6-20(19)29-21)22(27)16-25-11-13-26(14-12-25)17-7-9-18(28-2)10-8-17/h3-10H,11-16H2,1-2H3. The van der Waals surface area contributed by atoms with Crippen LogP contribution in [0.5, 0.6) is 5.75 Å². The smallest absolute Gasteiger partial charge is 0.236 e. The lowest BCUT2D eigenvalue weighted by Crippen LogP contribution is -2.49. The topological polar surface area (TPSA) is 48.9 Å². The summed E-state index contributed by atoms with van der Waals surface area (Å²) in [5, 5.41) is 0.978. The summed E-state index contributed by atoms with van der Waals surface area (Å²) in [5.74, 6) is 1.01. The number of hydrogen-bond donors (Lipinski definition) is 0. The number of methoxy groups -OCH3 is 1. The molecule has 6 nitrogen and oxygen atoms in total. The van der Waals surface area contributed by atoms with Gasteiger partial charge in [0.1, 0.15) is 10.8 Å². The van der Waals surface area contributed by atoms with E-state index in [0.717, 1.165) is 47.2 Å². The van der Waals surface area contributed by atoms with Crippen LogP contribution in [0.4, 0.5) is 5.69 Å². The Labute approximate surface area is 175 Å². The number of benzene rings is 2. The van der Waals surface area contributed by atoms with Gasteiger partial charge in [-0.2, -0.15) is 0 Å². The van der Waals surface area contributed by atoms with Gasteiger partial charge < -0.3 is 14.5 Å². The fourth-order valence-corrected chi connectivity index (χ4v) is 4.57. The maximum Gasteiger partial charge on any atom is 0.236 e. The number of likely N-dealkylation sites (N-methyl/N-ethyl adjacent to an activating group) is 1. The third-order valence-electron chi connectivity index (χ3n) is 5.31. The molecule has 1 saturated heterocycles. The maximum absolute atomic E-state index is 12.7. The number of hydrogen-bond acceptors (Lipinski definition) is 6. The van der Waals surface area contributed by atoms with Gasteiger partial charge in [0.05, 0.1) is 30.4 Å². The summed E-state index contributed by atoms with van der Waals surface area (Å²) in [5.41, 5.74) is 2.20. The number of fused-ring (bicyclic) bond motifs is 1. The van der Waals surface area contributed by atoms with Crippen molar-refractivity contribution in [1.82, 2.24) is 14.8 Å². The molecular formula is C22H26N4O2S. The fourth-order valence-electron chi connectivity index (χ4n) is 3.55. The van der Waals surface area contributed by atoms with Crippen LogP contribution in [0.1, 0.15) is 5.01 Å². The molecule has 0 unspecified atom stereocenters. The van der Waals surface area contributed by atoms with E-state index in [4.69, 9.17) is 4.74 Å². The molecule has 29 heavy (non-hydrogen) atoms. The molecule has 0 aliphatic carbocycles. The lowest BCUT2D eigenvalue weighted by molar-refractivity contribution is -0.131. The van der Waals surface area contributed by atoms with E-state index in [2.05, 4.69) is 33.0 Å². The highest BCUT2D eigenvalue weighted by molar-refractivity contribution is 7.18. The quantitative estimate of drug-likeness (QED) is 0.625. The molecule has 0 spiro atoms. The molecule has 2 heterocycles. The first-order chi connectivity index (χ1) is 14.1.